The van der Waals surface area contributed by atoms with Crippen molar-refractivity contribution >= 4 is 5.82 Å². The van der Waals surface area contributed by atoms with Crippen molar-refractivity contribution in [3.63, 3.8) is 0 Å². The van der Waals surface area contributed by atoms with Crippen LogP contribution in [0.25, 0.3) is 11.1 Å². The minimum Gasteiger partial charge on any atom is -0.496 e. The number of para-hydroxylation sites is 1. The van der Waals surface area contributed by atoms with Gasteiger partial charge in [0, 0.05) is 24.8 Å². The fourth-order valence-corrected chi connectivity index (χ4v) is 2.43. The van der Waals surface area contributed by atoms with Gasteiger partial charge in [0.2, 0.25) is 0 Å². The number of hydrogen-bond acceptors (Lipinski definition) is 4. The van der Waals surface area contributed by atoms with Crippen LogP contribution in [0.15, 0.2) is 42.6 Å². The fourth-order valence-electron chi connectivity index (χ4n) is 2.43. The molecule has 1 aliphatic rings. The topological polar surface area (TPSA) is 34.6 Å². The van der Waals surface area contributed by atoms with E-state index >= 15 is 0 Å². The van der Waals surface area contributed by atoms with Crippen LogP contribution in [0.1, 0.15) is 0 Å². The maximum absolute atomic E-state index is 5.43. The van der Waals surface area contributed by atoms with E-state index in [1.165, 1.54) is 0 Å². The van der Waals surface area contributed by atoms with Gasteiger partial charge in [-0.05, 0) is 23.8 Å². The van der Waals surface area contributed by atoms with E-state index in [1.807, 2.05) is 30.5 Å². The second kappa shape index (κ2) is 5.92. The number of morpholine rings is 1. The summed E-state index contributed by atoms with van der Waals surface area (Å²) in [6.45, 7) is 3.31. The van der Waals surface area contributed by atoms with Gasteiger partial charge in [-0.3, -0.25) is 0 Å². The van der Waals surface area contributed by atoms with Gasteiger partial charge in [-0.15, -0.1) is 0 Å². The molecule has 0 unspecified atom stereocenters. The Hall–Kier alpha value is -2.07. The van der Waals surface area contributed by atoms with Crippen LogP contribution < -0.4 is 9.64 Å². The zero-order valence-electron chi connectivity index (χ0n) is 11.6. The van der Waals surface area contributed by atoms with Gasteiger partial charge >= 0.3 is 0 Å². The Bertz CT molecular complexity index is 580. The van der Waals surface area contributed by atoms with Crippen LogP contribution in [-0.2, 0) is 4.74 Å². The summed E-state index contributed by atoms with van der Waals surface area (Å²) in [5.41, 5.74) is 2.21. The van der Waals surface area contributed by atoms with E-state index in [2.05, 4.69) is 22.0 Å². The SMILES string of the molecule is COc1ccccc1-c1ccnc(N2CCOCC2)c1. The van der Waals surface area contributed by atoms with Crippen molar-refractivity contribution in [1.82, 2.24) is 4.98 Å². The molecular weight excluding hydrogens is 252 g/mol. The summed E-state index contributed by atoms with van der Waals surface area (Å²) in [5, 5.41) is 0. The van der Waals surface area contributed by atoms with Crippen LogP contribution in [0, 0.1) is 0 Å². The van der Waals surface area contributed by atoms with E-state index in [4.69, 9.17) is 9.47 Å². The summed E-state index contributed by atoms with van der Waals surface area (Å²) in [4.78, 5) is 6.73. The van der Waals surface area contributed by atoms with E-state index in [0.717, 1.165) is 49.0 Å². The standard InChI is InChI=1S/C16H18N2O2/c1-19-15-5-3-2-4-14(15)13-6-7-17-16(12-13)18-8-10-20-11-9-18/h2-7,12H,8-11H2,1H3. The minimum absolute atomic E-state index is 0.764. The summed E-state index contributed by atoms with van der Waals surface area (Å²) >= 11 is 0. The molecule has 0 radical (unpaired) electrons. The molecule has 0 amide bonds. The summed E-state index contributed by atoms with van der Waals surface area (Å²) in [7, 11) is 1.70. The second-order valence-electron chi connectivity index (χ2n) is 4.70. The molecule has 3 rings (SSSR count). The smallest absolute Gasteiger partial charge is 0.129 e. The van der Waals surface area contributed by atoms with Crippen molar-refractivity contribution in [3.05, 3.63) is 42.6 Å². The molecule has 1 aliphatic heterocycles. The molecule has 1 fully saturated rings. The molecule has 2 aromatic rings. The molecule has 0 spiro atoms. The van der Waals surface area contributed by atoms with Crippen molar-refractivity contribution in [2.75, 3.05) is 38.3 Å². The van der Waals surface area contributed by atoms with Gasteiger partial charge < -0.3 is 14.4 Å². The molecule has 0 atom stereocenters. The maximum Gasteiger partial charge on any atom is 0.129 e. The number of ether oxygens (including phenoxy) is 2. The quantitative estimate of drug-likeness (QED) is 0.858. The number of pyridine rings is 1. The Morgan fingerprint density at radius 3 is 2.75 bits per heavy atom. The molecule has 20 heavy (non-hydrogen) atoms. The molecule has 1 aromatic carbocycles. The molecule has 2 heterocycles. The van der Waals surface area contributed by atoms with Crippen molar-refractivity contribution in [1.29, 1.82) is 0 Å². The Labute approximate surface area is 119 Å². The summed E-state index contributed by atoms with van der Waals surface area (Å²) in [5.74, 6) is 1.88. The van der Waals surface area contributed by atoms with E-state index in [1.54, 1.807) is 7.11 Å². The maximum atomic E-state index is 5.43. The average molecular weight is 270 g/mol. The first-order chi connectivity index (χ1) is 9.88. The number of nitrogens with zero attached hydrogens (tertiary/aromatic N) is 2. The summed E-state index contributed by atoms with van der Waals surface area (Å²) in [6.07, 6.45) is 1.85. The van der Waals surface area contributed by atoms with Crippen LogP contribution in [0.5, 0.6) is 5.75 Å². The highest BCUT2D eigenvalue weighted by atomic mass is 16.5. The molecule has 1 saturated heterocycles. The first-order valence-corrected chi connectivity index (χ1v) is 6.80. The third kappa shape index (κ3) is 2.60. The number of benzene rings is 1. The molecular formula is C16H18N2O2. The molecule has 4 nitrogen and oxygen atoms in total. The van der Waals surface area contributed by atoms with Crippen LogP contribution in [0.4, 0.5) is 5.82 Å². The summed E-state index contributed by atoms with van der Waals surface area (Å²) in [6, 6.07) is 12.2. The van der Waals surface area contributed by atoms with Crippen molar-refractivity contribution in [2.45, 2.75) is 0 Å². The predicted octanol–water partition coefficient (Wildman–Crippen LogP) is 2.59. The lowest BCUT2D eigenvalue weighted by atomic mass is 10.1. The number of rotatable bonds is 3. The number of anilines is 1. The zero-order chi connectivity index (χ0) is 13.8. The molecule has 1 aromatic heterocycles. The van der Waals surface area contributed by atoms with Gasteiger partial charge in [-0.25, -0.2) is 4.98 Å². The van der Waals surface area contributed by atoms with E-state index in [0.29, 0.717) is 0 Å². The van der Waals surface area contributed by atoms with Crippen molar-refractivity contribution in [3.8, 4) is 16.9 Å². The lowest BCUT2D eigenvalue weighted by Crippen LogP contribution is -2.36. The predicted molar refractivity (Wildman–Crippen MR) is 79.3 cm³/mol. The molecule has 0 N–H and O–H groups in total. The fraction of sp³-hybridized carbons (Fsp3) is 0.312. The second-order valence-corrected chi connectivity index (χ2v) is 4.70. The Morgan fingerprint density at radius 2 is 1.95 bits per heavy atom. The van der Waals surface area contributed by atoms with Gasteiger partial charge in [0.1, 0.15) is 11.6 Å². The zero-order valence-corrected chi connectivity index (χ0v) is 11.6. The van der Waals surface area contributed by atoms with Gasteiger partial charge in [-0.2, -0.15) is 0 Å². The highest BCUT2D eigenvalue weighted by Crippen LogP contribution is 2.31. The highest BCUT2D eigenvalue weighted by Gasteiger charge is 2.13. The third-order valence-corrected chi connectivity index (χ3v) is 3.50. The van der Waals surface area contributed by atoms with Crippen LogP contribution in [-0.4, -0.2) is 38.4 Å². The number of aromatic nitrogens is 1. The van der Waals surface area contributed by atoms with E-state index in [-0.39, 0.29) is 0 Å². The number of hydrogen-bond donors (Lipinski definition) is 0. The van der Waals surface area contributed by atoms with Gasteiger partial charge in [0.15, 0.2) is 0 Å². The Morgan fingerprint density at radius 1 is 1.15 bits per heavy atom. The van der Waals surface area contributed by atoms with Crippen LogP contribution in [0.3, 0.4) is 0 Å². The molecule has 4 heteroatoms. The monoisotopic (exact) mass is 270 g/mol. The van der Waals surface area contributed by atoms with Gasteiger partial charge in [-0.1, -0.05) is 18.2 Å². The largest absolute Gasteiger partial charge is 0.496 e. The molecule has 104 valence electrons. The van der Waals surface area contributed by atoms with Crippen LogP contribution in [0.2, 0.25) is 0 Å². The van der Waals surface area contributed by atoms with Gasteiger partial charge in [0.25, 0.3) is 0 Å². The normalized spacial score (nSPS) is 15.2. The Kier molecular flexibility index (Phi) is 3.83. The molecule has 0 aliphatic carbocycles. The number of methoxy groups -OCH3 is 1. The minimum atomic E-state index is 0.764. The summed E-state index contributed by atoms with van der Waals surface area (Å²) < 4.78 is 10.8. The lowest BCUT2D eigenvalue weighted by molar-refractivity contribution is 0.122. The Balaban J connectivity index is 1.94. The first-order valence-electron chi connectivity index (χ1n) is 6.80. The van der Waals surface area contributed by atoms with Gasteiger partial charge in [0.05, 0.1) is 20.3 Å². The van der Waals surface area contributed by atoms with Crippen LogP contribution >= 0.6 is 0 Å². The average Bonchev–Trinajstić information content (AvgIpc) is 2.56. The first kappa shape index (κ1) is 12.9. The third-order valence-electron chi connectivity index (χ3n) is 3.50. The van der Waals surface area contributed by atoms with E-state index < -0.39 is 0 Å². The lowest BCUT2D eigenvalue weighted by Gasteiger charge is -2.28. The van der Waals surface area contributed by atoms with Crippen molar-refractivity contribution < 1.29 is 9.47 Å². The molecule has 0 saturated carbocycles. The van der Waals surface area contributed by atoms with Crippen molar-refractivity contribution in [2.24, 2.45) is 0 Å². The highest BCUT2D eigenvalue weighted by molar-refractivity contribution is 5.72. The van der Waals surface area contributed by atoms with E-state index in [9.17, 15) is 0 Å². The molecule has 0 bridgehead atoms.